The molecule has 0 radical (unpaired) electrons. The second-order valence-corrected chi connectivity index (χ2v) is 16.7. The van der Waals surface area contributed by atoms with Gasteiger partial charge in [-0.2, -0.15) is 0 Å². The van der Waals surface area contributed by atoms with Crippen molar-refractivity contribution in [1.29, 1.82) is 0 Å². The van der Waals surface area contributed by atoms with E-state index in [0.717, 1.165) is 83.5 Å². The first kappa shape index (κ1) is 52.2. The molecule has 0 fully saturated rings. The summed E-state index contributed by atoms with van der Waals surface area (Å²) < 4.78 is 34.5. The smallest absolute Gasteiger partial charge is 0.306 e. The molecule has 314 valence electrons. The molecule has 0 heterocycles. The zero-order valence-electron chi connectivity index (χ0n) is 35.4. The van der Waals surface area contributed by atoms with Crippen molar-refractivity contribution in [1.82, 2.24) is 0 Å². The maximum Gasteiger partial charge on any atom is 0.306 e. The van der Waals surface area contributed by atoms with Crippen LogP contribution in [0.4, 0.5) is 0 Å². The van der Waals surface area contributed by atoms with Crippen molar-refractivity contribution in [2.24, 2.45) is 0 Å². The van der Waals surface area contributed by atoms with Crippen LogP contribution in [0, 0.1) is 0 Å². The average molecular weight is 780 g/mol. The molecule has 0 amide bonds. The van der Waals surface area contributed by atoms with Crippen LogP contribution < -0.4 is 4.89 Å². The SMILES string of the molecule is CC/C=C\C/C=C\C/C=C\C/C=C\C/C=C\CCCCCCCC(=O)OC(COCCCCCCCCCCCCC)COP(=O)([O-])OCC[N+](C)(C)C. The van der Waals surface area contributed by atoms with Crippen LogP contribution >= 0.6 is 7.82 Å². The van der Waals surface area contributed by atoms with Gasteiger partial charge in [-0.15, -0.1) is 0 Å². The number of allylic oxidation sites excluding steroid dienone is 10. The number of carbonyl (C=O) groups is 1. The fourth-order valence-electron chi connectivity index (χ4n) is 5.51. The van der Waals surface area contributed by atoms with Crippen molar-refractivity contribution in [3.8, 4) is 0 Å². The molecule has 0 rings (SSSR count). The third-order valence-electron chi connectivity index (χ3n) is 8.83. The Hall–Kier alpha value is -1.80. The second-order valence-electron chi connectivity index (χ2n) is 15.3. The van der Waals surface area contributed by atoms with Gasteiger partial charge in [-0.1, -0.05) is 158 Å². The average Bonchev–Trinajstić information content (AvgIpc) is 3.12. The lowest BCUT2D eigenvalue weighted by atomic mass is 10.1. The molecule has 0 aromatic heterocycles. The van der Waals surface area contributed by atoms with Crippen LogP contribution in [0.3, 0.4) is 0 Å². The van der Waals surface area contributed by atoms with Gasteiger partial charge in [0.1, 0.15) is 19.3 Å². The minimum atomic E-state index is -4.53. The lowest BCUT2D eigenvalue weighted by Crippen LogP contribution is -2.37. The molecule has 2 unspecified atom stereocenters. The first-order chi connectivity index (χ1) is 26.1. The summed E-state index contributed by atoms with van der Waals surface area (Å²) in [5, 5.41) is 0. The Balaban J connectivity index is 4.26. The number of likely N-dealkylation sites (N-methyl/N-ethyl adjacent to an activating group) is 1. The predicted octanol–water partition coefficient (Wildman–Crippen LogP) is 11.9. The van der Waals surface area contributed by atoms with E-state index in [1.807, 2.05) is 21.1 Å². The Morgan fingerprint density at radius 2 is 1.07 bits per heavy atom. The van der Waals surface area contributed by atoms with Crippen molar-refractivity contribution < 1.29 is 37.3 Å². The second kappa shape index (κ2) is 38.1. The van der Waals surface area contributed by atoms with Crippen LogP contribution in [0.2, 0.25) is 0 Å². The number of ether oxygens (including phenoxy) is 2. The van der Waals surface area contributed by atoms with Crippen molar-refractivity contribution in [3.05, 3.63) is 60.8 Å². The van der Waals surface area contributed by atoms with Crippen LogP contribution in [0.15, 0.2) is 60.8 Å². The maximum absolute atomic E-state index is 12.7. The number of hydrogen-bond donors (Lipinski definition) is 0. The molecular formula is C45H82NO7P. The molecule has 0 aliphatic heterocycles. The third kappa shape index (κ3) is 41.4. The van der Waals surface area contributed by atoms with Crippen molar-refractivity contribution in [2.45, 2.75) is 168 Å². The molecule has 9 heteroatoms. The summed E-state index contributed by atoms with van der Waals surface area (Å²) in [4.78, 5) is 25.0. The summed E-state index contributed by atoms with van der Waals surface area (Å²) in [5.74, 6) is -0.354. The summed E-state index contributed by atoms with van der Waals surface area (Å²) in [5.41, 5.74) is 0. The monoisotopic (exact) mass is 780 g/mol. The van der Waals surface area contributed by atoms with Crippen LogP contribution in [0.1, 0.15) is 162 Å². The standard InChI is InChI=1S/C45H82NO7P/c1-6-8-10-12-14-16-18-19-20-21-22-23-24-25-26-27-28-30-32-34-36-38-45(47)53-44(43-52-54(48,49)51-41-39-46(3,4)5)42-50-40-37-35-33-31-29-17-15-13-11-9-7-2/h8,10,14,16,19-20,22-23,25-26,44H,6-7,9,11-13,15,17-18,21,24,27-43H2,1-5H3/b10-8-,16-14-,20-19-,23-22-,26-25-. The topological polar surface area (TPSA) is 94.1 Å². The minimum absolute atomic E-state index is 0.0202. The number of hydrogen-bond acceptors (Lipinski definition) is 7. The predicted molar refractivity (Wildman–Crippen MR) is 226 cm³/mol. The zero-order chi connectivity index (χ0) is 39.9. The van der Waals surface area contributed by atoms with Crippen LogP contribution in [0.5, 0.6) is 0 Å². The van der Waals surface area contributed by atoms with Gasteiger partial charge in [0.15, 0.2) is 0 Å². The molecule has 0 bridgehead atoms. The summed E-state index contributed by atoms with van der Waals surface area (Å²) in [7, 11) is 1.34. The molecule has 0 aliphatic rings. The van der Waals surface area contributed by atoms with Gasteiger partial charge in [0.25, 0.3) is 7.82 Å². The van der Waals surface area contributed by atoms with E-state index >= 15 is 0 Å². The van der Waals surface area contributed by atoms with Gasteiger partial charge in [0, 0.05) is 13.0 Å². The molecule has 0 aromatic rings. The lowest BCUT2D eigenvalue weighted by molar-refractivity contribution is -0.870. The molecule has 8 nitrogen and oxygen atoms in total. The Kier molecular flexibility index (Phi) is 36.8. The van der Waals surface area contributed by atoms with Gasteiger partial charge in [0.05, 0.1) is 34.4 Å². The van der Waals surface area contributed by atoms with E-state index in [0.29, 0.717) is 24.1 Å². The highest BCUT2D eigenvalue weighted by molar-refractivity contribution is 7.45. The first-order valence-electron chi connectivity index (χ1n) is 21.5. The minimum Gasteiger partial charge on any atom is -0.756 e. The van der Waals surface area contributed by atoms with E-state index in [1.54, 1.807) is 0 Å². The summed E-state index contributed by atoms with van der Waals surface area (Å²) in [6.45, 7) is 5.26. The number of carbonyl (C=O) groups excluding carboxylic acids is 1. The molecule has 2 atom stereocenters. The molecule has 0 N–H and O–H groups in total. The van der Waals surface area contributed by atoms with E-state index in [2.05, 4.69) is 74.6 Å². The third-order valence-corrected chi connectivity index (χ3v) is 9.80. The Morgan fingerprint density at radius 3 is 1.61 bits per heavy atom. The number of phosphoric ester groups is 1. The number of rotatable bonds is 39. The van der Waals surface area contributed by atoms with Crippen molar-refractivity contribution in [2.75, 3.05) is 54.1 Å². The molecule has 0 aromatic carbocycles. The number of phosphoric acid groups is 1. The molecule has 0 saturated heterocycles. The van der Waals surface area contributed by atoms with Gasteiger partial charge in [-0.05, 0) is 57.8 Å². The number of nitrogens with zero attached hydrogens (tertiary/aromatic N) is 1. The quantitative estimate of drug-likeness (QED) is 0.0202. The van der Waals surface area contributed by atoms with Gasteiger partial charge in [0.2, 0.25) is 0 Å². The Morgan fingerprint density at radius 1 is 0.593 bits per heavy atom. The number of unbranched alkanes of at least 4 members (excludes halogenated alkanes) is 15. The summed E-state index contributed by atoms with van der Waals surface area (Å²) >= 11 is 0. The zero-order valence-corrected chi connectivity index (χ0v) is 36.3. The van der Waals surface area contributed by atoms with Crippen molar-refractivity contribution in [3.63, 3.8) is 0 Å². The van der Waals surface area contributed by atoms with Crippen LogP contribution in [-0.4, -0.2) is 70.7 Å². The van der Waals surface area contributed by atoms with Crippen LogP contribution in [-0.2, 0) is 27.9 Å². The van der Waals surface area contributed by atoms with E-state index in [4.69, 9.17) is 18.5 Å². The highest BCUT2D eigenvalue weighted by Gasteiger charge is 2.20. The fraction of sp³-hybridized carbons (Fsp3) is 0.756. The molecule has 0 aliphatic carbocycles. The summed E-state index contributed by atoms with van der Waals surface area (Å²) in [6.07, 6.45) is 46.6. The van der Waals surface area contributed by atoms with Gasteiger partial charge >= 0.3 is 5.97 Å². The Labute approximate surface area is 332 Å². The van der Waals surface area contributed by atoms with E-state index in [-0.39, 0.29) is 25.8 Å². The molecule has 0 saturated carbocycles. The maximum atomic E-state index is 12.7. The number of esters is 1. The molecule has 54 heavy (non-hydrogen) atoms. The van der Waals surface area contributed by atoms with E-state index < -0.39 is 13.9 Å². The largest absolute Gasteiger partial charge is 0.756 e. The van der Waals surface area contributed by atoms with Gasteiger partial charge < -0.3 is 27.9 Å². The van der Waals surface area contributed by atoms with Crippen molar-refractivity contribution >= 4 is 13.8 Å². The first-order valence-corrected chi connectivity index (χ1v) is 23.0. The normalized spacial score (nSPS) is 14.4. The lowest BCUT2D eigenvalue weighted by Gasteiger charge is -2.28. The van der Waals surface area contributed by atoms with Gasteiger partial charge in [-0.25, -0.2) is 0 Å². The fourth-order valence-corrected chi connectivity index (χ4v) is 6.24. The van der Waals surface area contributed by atoms with E-state index in [9.17, 15) is 14.3 Å². The molecule has 0 spiro atoms. The van der Waals surface area contributed by atoms with E-state index in [1.165, 1.54) is 57.8 Å². The number of quaternary nitrogens is 1. The highest BCUT2D eigenvalue weighted by Crippen LogP contribution is 2.38. The Bertz CT molecular complexity index is 1050. The highest BCUT2D eigenvalue weighted by atomic mass is 31.2. The van der Waals surface area contributed by atoms with Crippen LogP contribution in [0.25, 0.3) is 0 Å². The molecular weight excluding hydrogens is 697 g/mol. The van der Waals surface area contributed by atoms with Gasteiger partial charge in [-0.3, -0.25) is 9.36 Å². The summed E-state index contributed by atoms with van der Waals surface area (Å²) in [6, 6.07) is 0.